The van der Waals surface area contributed by atoms with Crippen LogP contribution in [-0.4, -0.2) is 25.5 Å². The molecule has 0 bridgehead atoms. The topological polar surface area (TPSA) is 64.7 Å². The Bertz CT molecular complexity index is 925. The zero-order chi connectivity index (χ0) is 17.4. The van der Waals surface area contributed by atoms with Crippen molar-refractivity contribution in [3.05, 3.63) is 53.3 Å². The van der Waals surface area contributed by atoms with Crippen LogP contribution in [0.4, 0.5) is 5.82 Å². The predicted octanol–water partition coefficient (Wildman–Crippen LogP) is 3.94. The molecule has 1 amide bonds. The van der Waals surface area contributed by atoms with Gasteiger partial charge in [-0.25, -0.2) is 9.36 Å². The van der Waals surface area contributed by atoms with Crippen molar-refractivity contribution in [2.24, 2.45) is 0 Å². The molecule has 0 spiro atoms. The Morgan fingerprint density at radius 1 is 1.28 bits per heavy atom. The van der Waals surface area contributed by atoms with E-state index in [1.807, 2.05) is 54.2 Å². The number of nitrogens with one attached hydrogen (secondary N) is 1. The maximum Gasteiger partial charge on any atom is 0.225 e. The van der Waals surface area contributed by atoms with Crippen LogP contribution in [0.3, 0.4) is 0 Å². The molecule has 1 aromatic carbocycles. The van der Waals surface area contributed by atoms with Crippen LogP contribution in [-0.2, 0) is 4.79 Å². The second-order valence-electron chi connectivity index (χ2n) is 6.14. The van der Waals surface area contributed by atoms with Gasteiger partial charge < -0.3 is 5.32 Å². The number of carbonyl (C=O) groups excluding carboxylic acids is 1. The fourth-order valence-electron chi connectivity index (χ4n) is 2.73. The zero-order valence-electron chi connectivity index (χ0n) is 13.8. The second-order valence-corrected chi connectivity index (χ2v) is 6.58. The van der Waals surface area contributed by atoms with Crippen molar-refractivity contribution in [2.45, 2.75) is 32.1 Å². The lowest BCUT2D eigenvalue weighted by Gasteiger charge is -2.03. The Morgan fingerprint density at radius 2 is 2.12 bits per heavy atom. The highest BCUT2D eigenvalue weighted by Crippen LogP contribution is 2.41. The van der Waals surface area contributed by atoms with Gasteiger partial charge in [-0.3, -0.25) is 4.79 Å². The molecule has 1 saturated carbocycles. The van der Waals surface area contributed by atoms with Gasteiger partial charge >= 0.3 is 0 Å². The Balaban J connectivity index is 1.68. The summed E-state index contributed by atoms with van der Waals surface area (Å²) in [4.78, 5) is 11.7. The van der Waals surface area contributed by atoms with Gasteiger partial charge in [-0.2, -0.15) is 0 Å². The molecule has 0 unspecified atom stereocenters. The molecule has 1 aliphatic rings. The van der Waals surface area contributed by atoms with Crippen molar-refractivity contribution in [2.75, 3.05) is 5.32 Å². The highest BCUT2D eigenvalue weighted by atomic mass is 35.5. The lowest BCUT2D eigenvalue weighted by Crippen LogP contribution is -2.10. The maximum absolute atomic E-state index is 11.7. The van der Waals surface area contributed by atoms with Crippen molar-refractivity contribution >= 4 is 23.3 Å². The monoisotopic (exact) mass is 355 g/mol. The second kappa shape index (κ2) is 6.37. The van der Waals surface area contributed by atoms with Crippen molar-refractivity contribution < 1.29 is 4.79 Å². The van der Waals surface area contributed by atoms with E-state index in [2.05, 4.69) is 15.5 Å². The zero-order valence-corrected chi connectivity index (χ0v) is 14.6. The smallest absolute Gasteiger partial charge is 0.225 e. The molecule has 3 aromatic rings. The largest absolute Gasteiger partial charge is 0.309 e. The van der Waals surface area contributed by atoms with E-state index in [1.54, 1.807) is 4.68 Å². The Morgan fingerprint density at radius 3 is 2.84 bits per heavy atom. The molecular weight excluding hydrogens is 338 g/mol. The minimum atomic E-state index is -0.0450. The summed E-state index contributed by atoms with van der Waals surface area (Å²) in [6.07, 6.45) is 4.59. The van der Waals surface area contributed by atoms with Gasteiger partial charge in [-0.15, -0.1) is 10.2 Å². The number of anilines is 1. The van der Waals surface area contributed by atoms with E-state index in [4.69, 9.17) is 11.6 Å². The fourth-order valence-corrected chi connectivity index (χ4v) is 2.92. The number of rotatable bonds is 5. The summed E-state index contributed by atoms with van der Waals surface area (Å²) in [5.74, 6) is 1.73. The molecule has 128 valence electrons. The number of halogens is 1. The van der Waals surface area contributed by atoms with Crippen molar-refractivity contribution in [3.8, 4) is 11.5 Å². The molecule has 0 aliphatic heterocycles. The van der Waals surface area contributed by atoms with E-state index >= 15 is 0 Å². The molecule has 2 heterocycles. The van der Waals surface area contributed by atoms with Gasteiger partial charge in [0.25, 0.3) is 0 Å². The van der Waals surface area contributed by atoms with E-state index in [0.717, 1.165) is 30.0 Å². The van der Waals surface area contributed by atoms with Gasteiger partial charge in [-0.1, -0.05) is 24.6 Å². The first kappa shape index (κ1) is 15.9. The van der Waals surface area contributed by atoms with Crippen molar-refractivity contribution in [1.82, 2.24) is 19.6 Å². The first-order valence-corrected chi connectivity index (χ1v) is 8.73. The molecule has 4 rings (SSSR count). The molecule has 0 atom stereocenters. The van der Waals surface area contributed by atoms with Crippen molar-refractivity contribution in [3.63, 3.8) is 0 Å². The van der Waals surface area contributed by atoms with E-state index in [1.165, 1.54) is 0 Å². The SMILES string of the molecule is CCC(=O)Nc1cc(C2CC2)n(-c2ccn(-c3cccc(Cl)c3)n2)n1. The molecule has 7 heteroatoms. The van der Waals surface area contributed by atoms with Gasteiger partial charge in [0.1, 0.15) is 0 Å². The Hall–Kier alpha value is -2.60. The number of nitrogens with zero attached hydrogens (tertiary/aromatic N) is 4. The van der Waals surface area contributed by atoms with Gasteiger partial charge in [0.05, 0.1) is 11.4 Å². The minimum absolute atomic E-state index is 0.0450. The highest BCUT2D eigenvalue weighted by molar-refractivity contribution is 6.30. The number of benzene rings is 1. The molecule has 25 heavy (non-hydrogen) atoms. The van der Waals surface area contributed by atoms with E-state index in [9.17, 15) is 4.79 Å². The quantitative estimate of drug-likeness (QED) is 0.754. The normalized spacial score (nSPS) is 13.8. The van der Waals surface area contributed by atoms with Crippen LogP contribution in [0.2, 0.25) is 5.02 Å². The van der Waals surface area contributed by atoms with Gasteiger partial charge in [-0.05, 0) is 31.0 Å². The summed E-state index contributed by atoms with van der Waals surface area (Å²) in [5, 5.41) is 12.6. The van der Waals surface area contributed by atoms with E-state index in [0.29, 0.717) is 23.2 Å². The summed E-state index contributed by atoms with van der Waals surface area (Å²) in [6.45, 7) is 1.82. The average molecular weight is 356 g/mol. The van der Waals surface area contributed by atoms with Crippen LogP contribution in [0.15, 0.2) is 42.6 Å². The van der Waals surface area contributed by atoms with Gasteiger partial charge in [0, 0.05) is 35.7 Å². The number of aromatic nitrogens is 4. The number of hydrogen-bond donors (Lipinski definition) is 1. The van der Waals surface area contributed by atoms with Crippen molar-refractivity contribution in [1.29, 1.82) is 0 Å². The third-order valence-electron chi connectivity index (χ3n) is 4.19. The summed E-state index contributed by atoms with van der Waals surface area (Å²) in [6, 6.07) is 11.4. The number of amides is 1. The Kier molecular flexibility index (Phi) is 4.05. The summed E-state index contributed by atoms with van der Waals surface area (Å²) in [7, 11) is 0. The van der Waals surface area contributed by atoms with Gasteiger partial charge in [0.15, 0.2) is 11.6 Å². The summed E-state index contributed by atoms with van der Waals surface area (Å²) >= 11 is 6.06. The van der Waals surface area contributed by atoms with Crippen LogP contribution in [0.1, 0.15) is 37.8 Å². The van der Waals surface area contributed by atoms with Crippen LogP contribution < -0.4 is 5.32 Å². The van der Waals surface area contributed by atoms with Crippen LogP contribution >= 0.6 is 11.6 Å². The third kappa shape index (κ3) is 3.30. The average Bonchev–Trinajstić information content (AvgIpc) is 3.18. The molecule has 1 N–H and O–H groups in total. The number of carbonyl (C=O) groups is 1. The lowest BCUT2D eigenvalue weighted by atomic mass is 10.3. The molecule has 0 radical (unpaired) electrons. The molecule has 6 nitrogen and oxygen atoms in total. The van der Waals surface area contributed by atoms with Gasteiger partial charge in [0.2, 0.25) is 5.91 Å². The molecule has 0 saturated heterocycles. The van der Waals surface area contributed by atoms with E-state index < -0.39 is 0 Å². The first-order valence-electron chi connectivity index (χ1n) is 8.36. The minimum Gasteiger partial charge on any atom is -0.309 e. The molecule has 1 fully saturated rings. The third-order valence-corrected chi connectivity index (χ3v) is 4.42. The molecular formula is C18H18ClN5O. The van der Waals surface area contributed by atoms with Crippen LogP contribution in [0.5, 0.6) is 0 Å². The van der Waals surface area contributed by atoms with Crippen LogP contribution in [0.25, 0.3) is 11.5 Å². The van der Waals surface area contributed by atoms with Crippen LogP contribution in [0, 0.1) is 0 Å². The Labute approximate surface area is 150 Å². The summed E-state index contributed by atoms with van der Waals surface area (Å²) in [5.41, 5.74) is 1.97. The molecule has 1 aliphatic carbocycles. The predicted molar refractivity (Wildman–Crippen MR) is 96.6 cm³/mol. The highest BCUT2D eigenvalue weighted by Gasteiger charge is 2.29. The lowest BCUT2D eigenvalue weighted by molar-refractivity contribution is -0.115. The maximum atomic E-state index is 11.7. The first-order chi connectivity index (χ1) is 12.1. The summed E-state index contributed by atoms with van der Waals surface area (Å²) < 4.78 is 3.59. The molecule has 2 aromatic heterocycles. The standard InChI is InChI=1S/C18H18ClN5O/c1-2-18(25)20-16-11-15(12-6-7-12)24(21-16)17-8-9-23(22-17)14-5-3-4-13(19)10-14/h3-5,8-12H,2,6-7H2,1H3,(H,20,21,25). The number of hydrogen-bond acceptors (Lipinski definition) is 3. The fraction of sp³-hybridized carbons (Fsp3) is 0.278. The van der Waals surface area contributed by atoms with E-state index in [-0.39, 0.29) is 5.91 Å².